The lowest BCUT2D eigenvalue weighted by Crippen LogP contribution is -2.22. The molecule has 1 amide bonds. The zero-order valence-corrected chi connectivity index (χ0v) is 16.7. The number of thiazole rings is 1. The van der Waals surface area contributed by atoms with Crippen molar-refractivity contribution in [2.45, 2.75) is 22.8 Å². The van der Waals surface area contributed by atoms with E-state index in [0.29, 0.717) is 10.6 Å². The van der Waals surface area contributed by atoms with Crippen LogP contribution in [0.4, 0.5) is 5.13 Å². The number of nitrogens with zero attached hydrogens (tertiary/aromatic N) is 1. The average Bonchev–Trinajstić information content (AvgIpc) is 3.01. The Morgan fingerprint density at radius 1 is 1.23 bits per heavy atom. The Labute approximate surface area is 160 Å². The number of hydrogen-bond donors (Lipinski definition) is 1. The largest absolute Gasteiger partial charge is 0.301 e. The Hall–Kier alpha value is -1.90. The third-order valence-corrected chi connectivity index (χ3v) is 6.99. The molecule has 3 rings (SSSR count). The van der Waals surface area contributed by atoms with Crippen molar-refractivity contribution < 1.29 is 13.2 Å². The number of nitrogens with one attached hydrogen (secondary N) is 1. The van der Waals surface area contributed by atoms with Crippen molar-refractivity contribution in [2.24, 2.45) is 0 Å². The van der Waals surface area contributed by atoms with E-state index in [9.17, 15) is 13.2 Å². The number of rotatable bonds is 6. The molecule has 26 heavy (non-hydrogen) atoms. The molecule has 1 aromatic heterocycles. The van der Waals surface area contributed by atoms with E-state index in [4.69, 9.17) is 0 Å². The summed E-state index contributed by atoms with van der Waals surface area (Å²) in [5, 5.41) is 3.07. The fourth-order valence-electron chi connectivity index (χ4n) is 2.27. The fourth-order valence-corrected chi connectivity index (χ4v) is 4.74. The minimum Gasteiger partial charge on any atom is -0.301 e. The summed E-state index contributed by atoms with van der Waals surface area (Å²) in [6.07, 6.45) is 1.17. The quantitative estimate of drug-likeness (QED) is 0.670. The summed E-state index contributed by atoms with van der Waals surface area (Å²) in [7, 11) is -3.27. The Bertz CT molecular complexity index is 1030. The lowest BCUT2D eigenvalue weighted by atomic mass is 10.2. The van der Waals surface area contributed by atoms with E-state index in [0.717, 1.165) is 10.5 Å². The maximum absolute atomic E-state index is 12.4. The first-order chi connectivity index (χ1) is 12.3. The molecule has 1 N–H and O–H groups in total. The summed E-state index contributed by atoms with van der Waals surface area (Å²) in [4.78, 5) is 17.0. The lowest BCUT2D eigenvalue weighted by molar-refractivity contribution is -0.115. The molecule has 0 saturated carbocycles. The smallest absolute Gasteiger partial charge is 0.238 e. The van der Waals surface area contributed by atoms with Crippen molar-refractivity contribution in [3.05, 3.63) is 54.1 Å². The molecular formula is C18H18N2O3S3. The van der Waals surface area contributed by atoms with Gasteiger partial charge in [-0.1, -0.05) is 41.7 Å². The van der Waals surface area contributed by atoms with Crippen molar-refractivity contribution in [1.82, 2.24) is 4.98 Å². The van der Waals surface area contributed by atoms with Crippen molar-refractivity contribution in [1.29, 1.82) is 0 Å². The highest BCUT2D eigenvalue weighted by molar-refractivity contribution is 7.99. The van der Waals surface area contributed by atoms with Gasteiger partial charge in [0.05, 0.1) is 20.4 Å². The molecule has 0 fully saturated rings. The minimum atomic E-state index is -3.27. The second kappa shape index (κ2) is 7.77. The summed E-state index contributed by atoms with van der Waals surface area (Å²) < 4.78 is 24.0. The first-order valence-electron chi connectivity index (χ1n) is 7.90. The van der Waals surface area contributed by atoms with Crippen LogP contribution >= 0.6 is 23.1 Å². The number of aromatic nitrogens is 1. The van der Waals surface area contributed by atoms with Gasteiger partial charge in [-0.3, -0.25) is 4.79 Å². The van der Waals surface area contributed by atoms with Crippen LogP contribution in [0.3, 0.4) is 0 Å². The molecule has 0 aliphatic carbocycles. The van der Waals surface area contributed by atoms with Crippen LogP contribution in [-0.4, -0.2) is 30.8 Å². The van der Waals surface area contributed by atoms with Crippen molar-refractivity contribution in [3.8, 4) is 0 Å². The second-order valence-corrected chi connectivity index (χ2v) is 10.2. The molecule has 2 aromatic carbocycles. The summed E-state index contributed by atoms with van der Waals surface area (Å²) in [6.45, 7) is 1.86. The molecule has 0 unspecified atom stereocenters. The predicted octanol–water partition coefficient (Wildman–Crippen LogP) is 3.96. The minimum absolute atomic E-state index is 0.117. The van der Waals surface area contributed by atoms with Gasteiger partial charge in [-0.25, -0.2) is 13.4 Å². The molecule has 0 saturated heterocycles. The number of amides is 1. The molecule has 0 bridgehead atoms. The SMILES string of the molecule is C[C@H](SCc1ccccc1)C(=O)Nc1nc2ccc(S(C)(=O)=O)cc2s1. The van der Waals surface area contributed by atoms with Crippen LogP contribution < -0.4 is 5.32 Å². The summed E-state index contributed by atoms with van der Waals surface area (Å²) in [6, 6.07) is 14.8. The second-order valence-electron chi connectivity index (χ2n) is 5.85. The summed E-state index contributed by atoms with van der Waals surface area (Å²) in [5.74, 6) is 0.640. The average molecular weight is 407 g/mol. The third kappa shape index (κ3) is 4.63. The van der Waals surface area contributed by atoms with Crippen LogP contribution in [0.2, 0.25) is 0 Å². The molecule has 3 aromatic rings. The molecule has 8 heteroatoms. The molecule has 0 spiro atoms. The van der Waals surface area contributed by atoms with Crippen LogP contribution in [0, 0.1) is 0 Å². The van der Waals surface area contributed by atoms with Crippen LogP contribution in [0.5, 0.6) is 0 Å². The van der Waals surface area contributed by atoms with E-state index >= 15 is 0 Å². The third-order valence-electron chi connectivity index (χ3n) is 3.73. The van der Waals surface area contributed by atoms with Gasteiger partial charge in [0.2, 0.25) is 5.91 Å². The van der Waals surface area contributed by atoms with Gasteiger partial charge in [0.1, 0.15) is 0 Å². The first kappa shape index (κ1) is 18.9. The van der Waals surface area contributed by atoms with Gasteiger partial charge in [-0.05, 0) is 30.7 Å². The number of hydrogen-bond acceptors (Lipinski definition) is 6. The highest BCUT2D eigenvalue weighted by Crippen LogP contribution is 2.29. The zero-order chi connectivity index (χ0) is 18.7. The number of anilines is 1. The Kier molecular flexibility index (Phi) is 5.64. The van der Waals surface area contributed by atoms with Crippen LogP contribution in [0.1, 0.15) is 12.5 Å². The Morgan fingerprint density at radius 2 is 1.96 bits per heavy atom. The molecule has 5 nitrogen and oxygen atoms in total. The summed E-state index contributed by atoms with van der Waals surface area (Å²) >= 11 is 2.83. The topological polar surface area (TPSA) is 76.1 Å². The number of thioether (sulfide) groups is 1. The van der Waals surface area contributed by atoms with E-state index in [1.54, 1.807) is 23.9 Å². The molecule has 136 valence electrons. The van der Waals surface area contributed by atoms with Crippen LogP contribution in [-0.2, 0) is 20.4 Å². The van der Waals surface area contributed by atoms with E-state index in [2.05, 4.69) is 10.3 Å². The van der Waals surface area contributed by atoms with E-state index in [1.165, 1.54) is 29.2 Å². The maximum atomic E-state index is 12.4. The van der Waals surface area contributed by atoms with Gasteiger partial charge in [0.25, 0.3) is 0 Å². The Morgan fingerprint density at radius 3 is 2.65 bits per heavy atom. The van der Waals surface area contributed by atoms with Crippen molar-refractivity contribution in [2.75, 3.05) is 11.6 Å². The van der Waals surface area contributed by atoms with E-state index in [1.807, 2.05) is 37.3 Å². The number of fused-ring (bicyclic) bond motifs is 1. The van der Waals surface area contributed by atoms with Gasteiger partial charge in [0.15, 0.2) is 15.0 Å². The monoisotopic (exact) mass is 406 g/mol. The van der Waals surface area contributed by atoms with Gasteiger partial charge in [0, 0.05) is 12.0 Å². The number of carbonyl (C=O) groups excluding carboxylic acids is 1. The van der Waals surface area contributed by atoms with Gasteiger partial charge in [-0.2, -0.15) is 0 Å². The molecule has 1 heterocycles. The lowest BCUT2D eigenvalue weighted by Gasteiger charge is -2.10. The summed E-state index contributed by atoms with van der Waals surface area (Å²) in [5.41, 5.74) is 1.84. The van der Waals surface area contributed by atoms with Gasteiger partial charge < -0.3 is 5.32 Å². The molecule has 1 atom stereocenters. The maximum Gasteiger partial charge on any atom is 0.238 e. The van der Waals surface area contributed by atoms with E-state index < -0.39 is 9.84 Å². The number of benzene rings is 2. The van der Waals surface area contributed by atoms with Gasteiger partial charge in [-0.15, -0.1) is 11.8 Å². The molecule has 0 radical (unpaired) electrons. The zero-order valence-electron chi connectivity index (χ0n) is 14.3. The molecule has 0 aliphatic heterocycles. The number of carbonyl (C=O) groups is 1. The van der Waals surface area contributed by atoms with Gasteiger partial charge >= 0.3 is 0 Å². The predicted molar refractivity (Wildman–Crippen MR) is 109 cm³/mol. The van der Waals surface area contributed by atoms with Crippen molar-refractivity contribution >= 4 is 54.2 Å². The molecular weight excluding hydrogens is 388 g/mol. The van der Waals surface area contributed by atoms with E-state index in [-0.39, 0.29) is 16.1 Å². The highest BCUT2D eigenvalue weighted by atomic mass is 32.2. The Balaban J connectivity index is 1.66. The number of sulfone groups is 1. The van der Waals surface area contributed by atoms with Crippen molar-refractivity contribution in [3.63, 3.8) is 0 Å². The normalized spacial score (nSPS) is 12.8. The molecule has 0 aliphatic rings. The van der Waals surface area contributed by atoms with Crippen LogP contribution in [0.15, 0.2) is 53.4 Å². The standard InChI is InChI=1S/C18H18N2O3S3/c1-12(24-11-13-6-4-3-5-7-13)17(21)20-18-19-15-9-8-14(26(2,22)23)10-16(15)25-18/h3-10,12H,11H2,1-2H3,(H,19,20,21)/t12-/m0/s1. The highest BCUT2D eigenvalue weighted by Gasteiger charge is 2.16. The first-order valence-corrected chi connectivity index (χ1v) is 11.7. The van der Waals surface area contributed by atoms with Crippen LogP contribution in [0.25, 0.3) is 10.2 Å². The fraction of sp³-hybridized carbons (Fsp3) is 0.222.